The number of carbonyl (C=O) groups is 2. The summed E-state index contributed by atoms with van der Waals surface area (Å²) in [5.74, 6) is -5.76. The molecule has 1 heterocycles. The molecule has 0 bridgehead atoms. The third kappa shape index (κ3) is 3.69. The number of carbonyl (C=O) groups excluding carboxylic acids is 2. The van der Waals surface area contributed by atoms with Crippen LogP contribution in [0, 0.1) is 0 Å². The number of piperidine rings is 1. The van der Waals surface area contributed by atoms with E-state index in [0.29, 0.717) is 19.3 Å². The summed E-state index contributed by atoms with van der Waals surface area (Å²) < 4.78 is 29.3. The molecule has 1 saturated heterocycles. The Morgan fingerprint density at radius 2 is 1.75 bits per heavy atom. The van der Waals surface area contributed by atoms with Crippen LogP contribution in [-0.4, -0.2) is 64.2 Å². The normalized spacial score (nSPS) is 27.6. The van der Waals surface area contributed by atoms with E-state index in [9.17, 15) is 28.6 Å². The first-order chi connectivity index (χ1) is 11.1. The van der Waals surface area contributed by atoms with Crippen LogP contribution in [0.15, 0.2) is 0 Å². The van der Waals surface area contributed by atoms with Gasteiger partial charge >= 0.3 is 5.92 Å². The first-order valence-electron chi connectivity index (χ1n) is 8.46. The molecular formula is C16H26F2N2O4. The van der Waals surface area contributed by atoms with Crippen LogP contribution in [0.5, 0.6) is 0 Å². The van der Waals surface area contributed by atoms with Gasteiger partial charge in [0.15, 0.2) is 0 Å². The minimum atomic E-state index is -3.89. The van der Waals surface area contributed by atoms with Gasteiger partial charge in [-0.2, -0.15) is 8.78 Å². The number of aliphatic hydroxyl groups is 2. The number of alkyl halides is 2. The van der Waals surface area contributed by atoms with Gasteiger partial charge < -0.3 is 20.4 Å². The Bertz CT molecular complexity index is 494. The summed E-state index contributed by atoms with van der Waals surface area (Å²) in [6, 6.07) is 0. The molecule has 6 nitrogen and oxygen atoms in total. The van der Waals surface area contributed by atoms with Crippen LogP contribution >= 0.6 is 0 Å². The molecule has 0 aromatic heterocycles. The molecule has 1 atom stereocenters. The van der Waals surface area contributed by atoms with E-state index in [2.05, 4.69) is 5.32 Å². The van der Waals surface area contributed by atoms with Crippen molar-refractivity contribution < 1.29 is 28.6 Å². The molecule has 2 aliphatic rings. The van der Waals surface area contributed by atoms with Gasteiger partial charge in [0.1, 0.15) is 5.60 Å². The lowest BCUT2D eigenvalue weighted by atomic mass is 9.79. The molecule has 138 valence electrons. The Morgan fingerprint density at radius 1 is 1.12 bits per heavy atom. The molecule has 8 heteroatoms. The SMILES string of the molecule is CNC(=O)CC1(O)CCCN(C(=O)C(F)(F)C2(O)CCCCC2)C1. The van der Waals surface area contributed by atoms with E-state index in [0.717, 1.165) is 11.3 Å². The monoisotopic (exact) mass is 348 g/mol. The third-order valence-corrected chi connectivity index (χ3v) is 5.14. The summed E-state index contributed by atoms with van der Waals surface area (Å²) in [7, 11) is 1.42. The van der Waals surface area contributed by atoms with E-state index in [1.807, 2.05) is 0 Å². The van der Waals surface area contributed by atoms with Crippen LogP contribution in [0.3, 0.4) is 0 Å². The van der Waals surface area contributed by atoms with Gasteiger partial charge in [0.2, 0.25) is 5.91 Å². The largest absolute Gasteiger partial charge is 0.388 e. The second-order valence-electron chi connectivity index (χ2n) is 7.07. The molecule has 1 saturated carbocycles. The van der Waals surface area contributed by atoms with Gasteiger partial charge in [0.05, 0.1) is 18.6 Å². The third-order valence-electron chi connectivity index (χ3n) is 5.14. The molecule has 1 unspecified atom stereocenters. The lowest BCUT2D eigenvalue weighted by molar-refractivity contribution is -0.213. The molecular weight excluding hydrogens is 322 g/mol. The maximum absolute atomic E-state index is 14.7. The van der Waals surface area contributed by atoms with Gasteiger partial charge in [-0.3, -0.25) is 9.59 Å². The summed E-state index contributed by atoms with van der Waals surface area (Å²) in [5, 5.41) is 23.1. The van der Waals surface area contributed by atoms with Crippen LogP contribution in [0.2, 0.25) is 0 Å². The zero-order chi connectivity index (χ0) is 18.0. The van der Waals surface area contributed by atoms with Gasteiger partial charge in [0.25, 0.3) is 5.91 Å². The smallest absolute Gasteiger partial charge is 0.352 e. The van der Waals surface area contributed by atoms with Crippen molar-refractivity contribution in [2.24, 2.45) is 0 Å². The van der Waals surface area contributed by atoms with Gasteiger partial charge in [0, 0.05) is 13.6 Å². The number of likely N-dealkylation sites (tertiary alicyclic amines) is 1. The Morgan fingerprint density at radius 3 is 2.33 bits per heavy atom. The van der Waals surface area contributed by atoms with Gasteiger partial charge in [-0.05, 0) is 25.7 Å². The maximum Gasteiger partial charge on any atom is 0.352 e. The summed E-state index contributed by atoms with van der Waals surface area (Å²) in [6.45, 7) is -0.245. The zero-order valence-corrected chi connectivity index (χ0v) is 14.0. The van der Waals surface area contributed by atoms with Crippen molar-refractivity contribution >= 4 is 11.8 Å². The van der Waals surface area contributed by atoms with E-state index in [1.54, 1.807) is 0 Å². The standard InChI is InChI=1S/C16H26F2N2O4/c1-19-12(21)10-14(23)6-5-9-20(11-14)13(22)16(17,18)15(24)7-3-2-4-8-15/h23-24H,2-11H2,1H3,(H,19,21). The molecule has 3 N–H and O–H groups in total. The van der Waals surface area contributed by atoms with Crippen molar-refractivity contribution in [2.75, 3.05) is 20.1 Å². The molecule has 24 heavy (non-hydrogen) atoms. The van der Waals surface area contributed by atoms with Crippen LogP contribution in [0.25, 0.3) is 0 Å². The number of nitrogens with one attached hydrogen (secondary N) is 1. The molecule has 1 aliphatic heterocycles. The Hall–Kier alpha value is -1.28. The average molecular weight is 348 g/mol. The van der Waals surface area contributed by atoms with Gasteiger partial charge in [-0.1, -0.05) is 19.3 Å². The molecule has 2 rings (SSSR count). The second kappa shape index (κ2) is 6.92. The topological polar surface area (TPSA) is 89.9 Å². The Labute approximate surface area is 140 Å². The number of halogens is 2. The van der Waals surface area contributed by atoms with Crippen molar-refractivity contribution in [1.29, 1.82) is 0 Å². The first-order valence-corrected chi connectivity index (χ1v) is 8.46. The summed E-state index contributed by atoms with van der Waals surface area (Å²) in [6.07, 6.45) is 1.81. The predicted molar refractivity (Wildman–Crippen MR) is 82.4 cm³/mol. The van der Waals surface area contributed by atoms with E-state index < -0.39 is 28.9 Å². The molecule has 1 aliphatic carbocycles. The molecule has 0 radical (unpaired) electrons. The van der Waals surface area contributed by atoms with Crippen LogP contribution in [0.4, 0.5) is 8.78 Å². The fourth-order valence-electron chi connectivity index (χ4n) is 3.67. The minimum absolute atomic E-state index is 0.0839. The number of hydrogen-bond acceptors (Lipinski definition) is 4. The van der Waals surface area contributed by atoms with Crippen molar-refractivity contribution in [1.82, 2.24) is 10.2 Å². The zero-order valence-electron chi connectivity index (χ0n) is 14.0. The second-order valence-corrected chi connectivity index (χ2v) is 7.07. The number of β-amino-alcohol motifs (C(OH)–C–C–N with tert-alkyl or cyclic N) is 1. The van der Waals surface area contributed by atoms with Crippen molar-refractivity contribution in [3.8, 4) is 0 Å². The van der Waals surface area contributed by atoms with Crippen molar-refractivity contribution in [3.63, 3.8) is 0 Å². The summed E-state index contributed by atoms with van der Waals surface area (Å²) in [5.41, 5.74) is -3.84. The maximum atomic E-state index is 14.7. The van der Waals surface area contributed by atoms with E-state index in [4.69, 9.17) is 0 Å². The summed E-state index contributed by atoms with van der Waals surface area (Å²) in [4.78, 5) is 24.8. The Kier molecular flexibility index (Phi) is 5.49. The van der Waals surface area contributed by atoms with E-state index in [1.165, 1.54) is 7.05 Å². The highest BCUT2D eigenvalue weighted by Crippen LogP contribution is 2.42. The highest BCUT2D eigenvalue weighted by atomic mass is 19.3. The predicted octanol–water partition coefficient (Wildman–Crippen LogP) is 0.806. The number of hydrogen-bond donors (Lipinski definition) is 3. The van der Waals surface area contributed by atoms with Crippen LogP contribution in [-0.2, 0) is 9.59 Å². The quantitative estimate of drug-likeness (QED) is 0.701. The molecule has 0 aromatic rings. The number of rotatable bonds is 4. The lowest BCUT2D eigenvalue weighted by Crippen LogP contribution is -2.62. The van der Waals surface area contributed by atoms with E-state index in [-0.39, 0.29) is 38.8 Å². The van der Waals surface area contributed by atoms with Crippen LogP contribution < -0.4 is 5.32 Å². The van der Waals surface area contributed by atoms with Crippen LogP contribution in [0.1, 0.15) is 51.4 Å². The summed E-state index contributed by atoms with van der Waals surface area (Å²) >= 11 is 0. The average Bonchev–Trinajstić information content (AvgIpc) is 2.54. The molecule has 2 fully saturated rings. The number of amides is 2. The lowest BCUT2D eigenvalue weighted by Gasteiger charge is -2.43. The molecule has 0 spiro atoms. The Balaban J connectivity index is 2.11. The van der Waals surface area contributed by atoms with E-state index >= 15 is 0 Å². The number of nitrogens with zero attached hydrogens (tertiary/aromatic N) is 1. The van der Waals surface area contributed by atoms with Gasteiger partial charge in [-0.25, -0.2) is 0 Å². The highest BCUT2D eigenvalue weighted by molar-refractivity contribution is 5.85. The molecule has 2 amide bonds. The highest BCUT2D eigenvalue weighted by Gasteiger charge is 2.60. The van der Waals surface area contributed by atoms with Crippen molar-refractivity contribution in [2.45, 2.75) is 68.5 Å². The first kappa shape index (κ1) is 19.1. The fourth-order valence-corrected chi connectivity index (χ4v) is 3.67. The minimum Gasteiger partial charge on any atom is -0.388 e. The van der Waals surface area contributed by atoms with Gasteiger partial charge in [-0.15, -0.1) is 0 Å². The molecule has 0 aromatic carbocycles. The fraction of sp³-hybridized carbons (Fsp3) is 0.875. The van der Waals surface area contributed by atoms with Crippen molar-refractivity contribution in [3.05, 3.63) is 0 Å².